The quantitative estimate of drug-likeness (QED) is 0.315. The van der Waals surface area contributed by atoms with E-state index in [-0.39, 0.29) is 24.2 Å². The standard InChI is InChI=1S/C28H30Br2N4/c29-23-11-19-9-21(13-23)17-33-27-7-3-4-8-28(27)34-18-22-10-20(12-24(30)14-22)16-32-26-6-2-1-5-25(26)31-15-19/h9-18,25-28H,1-8H2/t25-,26-,27-,28-/m1/s1. The third-order valence-corrected chi connectivity index (χ3v) is 7.85. The SMILES string of the molecule is Brc1cc2cc(c1)C=N[C@@H]1CCCC[C@H]1N=Cc1cc(Br)cc(c1)C=N[C@@H]1CCCC[C@H]1N=C2. The minimum atomic E-state index is 0.219. The highest BCUT2D eigenvalue weighted by Gasteiger charge is 2.24. The fourth-order valence-electron chi connectivity index (χ4n) is 5.18. The number of nitrogens with zero attached hydrogens (tertiary/aromatic N) is 4. The van der Waals surface area contributed by atoms with Crippen LogP contribution in [-0.2, 0) is 0 Å². The van der Waals surface area contributed by atoms with Crippen LogP contribution in [0.3, 0.4) is 0 Å². The van der Waals surface area contributed by atoms with Crippen molar-refractivity contribution in [1.29, 1.82) is 0 Å². The Hall–Kier alpha value is -1.92. The van der Waals surface area contributed by atoms with Crippen molar-refractivity contribution >= 4 is 56.7 Å². The van der Waals surface area contributed by atoms with Gasteiger partial charge in [-0.15, -0.1) is 0 Å². The molecule has 6 heteroatoms. The molecule has 1 heterocycles. The molecule has 0 unspecified atom stereocenters. The lowest BCUT2D eigenvalue weighted by molar-refractivity contribution is 0.390. The van der Waals surface area contributed by atoms with Gasteiger partial charge in [-0.3, -0.25) is 20.0 Å². The predicted octanol–water partition coefficient (Wildman–Crippen LogP) is 7.22. The molecular formula is C28H30Br2N4. The highest BCUT2D eigenvalue weighted by molar-refractivity contribution is 9.10. The summed E-state index contributed by atoms with van der Waals surface area (Å²) < 4.78 is 2.10. The number of aliphatic imine (C=N–C) groups is 4. The first-order chi connectivity index (χ1) is 16.6. The molecule has 176 valence electrons. The summed E-state index contributed by atoms with van der Waals surface area (Å²) in [5.74, 6) is 0. The molecule has 0 N–H and O–H groups in total. The van der Waals surface area contributed by atoms with E-state index in [1.165, 1.54) is 25.7 Å². The molecule has 2 saturated carbocycles. The normalized spacial score (nSPS) is 26.9. The first kappa shape index (κ1) is 23.8. The lowest BCUT2D eigenvalue weighted by Gasteiger charge is -2.26. The molecule has 0 saturated heterocycles. The number of benzene rings is 2. The van der Waals surface area contributed by atoms with Crippen molar-refractivity contribution in [2.75, 3.05) is 0 Å². The van der Waals surface area contributed by atoms with Crippen LogP contribution in [0.15, 0.2) is 65.3 Å². The lowest BCUT2D eigenvalue weighted by Crippen LogP contribution is -2.27. The maximum absolute atomic E-state index is 5.00. The van der Waals surface area contributed by atoms with Gasteiger partial charge in [0, 0.05) is 33.8 Å². The Morgan fingerprint density at radius 3 is 0.971 bits per heavy atom. The monoisotopic (exact) mass is 580 g/mol. The van der Waals surface area contributed by atoms with Gasteiger partial charge in [0.1, 0.15) is 0 Å². The number of fused-ring (bicyclic) bond motifs is 6. The lowest BCUT2D eigenvalue weighted by atomic mass is 9.91. The highest BCUT2D eigenvalue weighted by Crippen LogP contribution is 2.26. The Balaban J connectivity index is 1.54. The van der Waals surface area contributed by atoms with E-state index in [9.17, 15) is 0 Å². The Morgan fingerprint density at radius 2 is 0.706 bits per heavy atom. The van der Waals surface area contributed by atoms with Crippen molar-refractivity contribution in [2.45, 2.75) is 75.5 Å². The third-order valence-electron chi connectivity index (χ3n) is 6.93. The molecule has 0 amide bonds. The maximum Gasteiger partial charge on any atom is 0.0723 e. The molecule has 34 heavy (non-hydrogen) atoms. The minimum absolute atomic E-state index is 0.219. The Labute approximate surface area is 219 Å². The minimum Gasteiger partial charge on any atom is -0.287 e. The summed E-state index contributed by atoms with van der Waals surface area (Å²) in [5.41, 5.74) is 4.39. The molecule has 2 aromatic carbocycles. The summed E-state index contributed by atoms with van der Waals surface area (Å²) in [7, 11) is 0. The van der Waals surface area contributed by atoms with Crippen LogP contribution in [0.2, 0.25) is 0 Å². The molecule has 3 aliphatic rings. The first-order valence-electron chi connectivity index (χ1n) is 12.4. The van der Waals surface area contributed by atoms with E-state index < -0.39 is 0 Å². The van der Waals surface area contributed by atoms with Crippen molar-refractivity contribution in [1.82, 2.24) is 0 Å². The second kappa shape index (κ2) is 11.2. The maximum atomic E-state index is 5.00. The zero-order valence-corrected chi connectivity index (χ0v) is 22.5. The van der Waals surface area contributed by atoms with Gasteiger partial charge in [0.05, 0.1) is 24.2 Å². The van der Waals surface area contributed by atoms with Crippen LogP contribution in [-0.4, -0.2) is 49.0 Å². The summed E-state index contributed by atoms with van der Waals surface area (Å²) in [6.07, 6.45) is 17.3. The smallest absolute Gasteiger partial charge is 0.0723 e. The topological polar surface area (TPSA) is 49.4 Å². The predicted molar refractivity (Wildman–Crippen MR) is 151 cm³/mol. The van der Waals surface area contributed by atoms with Crippen LogP contribution in [0.25, 0.3) is 0 Å². The van der Waals surface area contributed by atoms with Gasteiger partial charge in [0.2, 0.25) is 0 Å². The molecule has 1 aliphatic heterocycles. The summed E-state index contributed by atoms with van der Waals surface area (Å²) in [6.45, 7) is 0. The Bertz CT molecular complexity index is 967. The van der Waals surface area contributed by atoms with E-state index in [1.54, 1.807) is 0 Å². The molecule has 4 atom stereocenters. The molecule has 4 bridgehead atoms. The molecular weight excluding hydrogens is 552 g/mol. The summed E-state index contributed by atoms with van der Waals surface area (Å²) in [5, 5.41) is 0. The van der Waals surface area contributed by atoms with E-state index in [2.05, 4.69) is 68.3 Å². The molecule has 2 aliphatic carbocycles. The average molecular weight is 582 g/mol. The molecule has 0 radical (unpaired) electrons. The van der Waals surface area contributed by atoms with Crippen LogP contribution < -0.4 is 0 Å². The van der Waals surface area contributed by atoms with Crippen LogP contribution in [0, 0.1) is 0 Å². The molecule has 0 aromatic heterocycles. The third kappa shape index (κ3) is 6.19. The van der Waals surface area contributed by atoms with Crippen LogP contribution >= 0.6 is 31.9 Å². The van der Waals surface area contributed by atoms with Crippen molar-refractivity contribution in [2.24, 2.45) is 20.0 Å². The van der Waals surface area contributed by atoms with Gasteiger partial charge in [-0.25, -0.2) is 0 Å². The average Bonchev–Trinajstić information content (AvgIpc) is 2.83. The molecule has 4 nitrogen and oxygen atoms in total. The van der Waals surface area contributed by atoms with E-state index in [0.717, 1.165) is 56.9 Å². The van der Waals surface area contributed by atoms with Crippen molar-refractivity contribution in [3.8, 4) is 0 Å². The van der Waals surface area contributed by atoms with Crippen LogP contribution in [0.4, 0.5) is 0 Å². The van der Waals surface area contributed by atoms with Gasteiger partial charge in [-0.2, -0.15) is 0 Å². The van der Waals surface area contributed by atoms with Gasteiger partial charge in [0.25, 0.3) is 0 Å². The van der Waals surface area contributed by atoms with Gasteiger partial charge < -0.3 is 0 Å². The highest BCUT2D eigenvalue weighted by atomic mass is 79.9. The number of halogens is 2. The van der Waals surface area contributed by atoms with Crippen molar-refractivity contribution < 1.29 is 0 Å². The summed E-state index contributed by atoms with van der Waals surface area (Å²) >= 11 is 7.35. The van der Waals surface area contributed by atoms with Crippen molar-refractivity contribution in [3.05, 3.63) is 67.6 Å². The van der Waals surface area contributed by atoms with Crippen LogP contribution in [0.1, 0.15) is 73.6 Å². The van der Waals surface area contributed by atoms with Crippen LogP contribution in [0.5, 0.6) is 0 Å². The molecule has 5 rings (SSSR count). The molecule has 2 aromatic rings. The Kier molecular flexibility index (Phi) is 7.85. The zero-order chi connectivity index (χ0) is 23.3. The summed E-state index contributed by atoms with van der Waals surface area (Å²) in [4.78, 5) is 20.0. The number of hydrogen-bond acceptors (Lipinski definition) is 4. The van der Waals surface area contributed by atoms with Gasteiger partial charge in [0.15, 0.2) is 0 Å². The molecule has 0 spiro atoms. The largest absolute Gasteiger partial charge is 0.287 e. The summed E-state index contributed by atoms with van der Waals surface area (Å²) in [6, 6.07) is 13.7. The van der Waals surface area contributed by atoms with E-state index in [0.29, 0.717) is 0 Å². The first-order valence-corrected chi connectivity index (χ1v) is 13.9. The fourth-order valence-corrected chi connectivity index (χ4v) is 6.23. The van der Waals surface area contributed by atoms with E-state index >= 15 is 0 Å². The second-order valence-electron chi connectivity index (χ2n) is 9.59. The van der Waals surface area contributed by atoms with Crippen molar-refractivity contribution in [3.63, 3.8) is 0 Å². The zero-order valence-electron chi connectivity index (χ0n) is 19.3. The molecule has 2 fully saturated rings. The van der Waals surface area contributed by atoms with Gasteiger partial charge in [-0.05, 0) is 84.3 Å². The van der Waals surface area contributed by atoms with Gasteiger partial charge >= 0.3 is 0 Å². The number of hydrogen-bond donors (Lipinski definition) is 0. The number of rotatable bonds is 0. The second-order valence-corrected chi connectivity index (χ2v) is 11.4. The Morgan fingerprint density at radius 1 is 0.441 bits per heavy atom. The van der Waals surface area contributed by atoms with Gasteiger partial charge in [-0.1, -0.05) is 57.5 Å². The fraction of sp³-hybridized carbons (Fsp3) is 0.429. The van der Waals surface area contributed by atoms with E-state index in [4.69, 9.17) is 20.0 Å². The van der Waals surface area contributed by atoms with E-state index in [1.807, 2.05) is 24.9 Å².